The molecule has 5 aromatic rings. The first kappa shape index (κ1) is 28.6. The van der Waals surface area contributed by atoms with Gasteiger partial charge in [-0.1, -0.05) is 52.9 Å². The number of anilines is 4. The van der Waals surface area contributed by atoms with Crippen LogP contribution in [-0.4, -0.2) is 53.1 Å². The number of ether oxygens (including phenoxy) is 2. The first-order chi connectivity index (χ1) is 21.6. The van der Waals surface area contributed by atoms with E-state index in [1.807, 2.05) is 72.8 Å². The zero-order valence-corrected chi connectivity index (χ0v) is 26.4. The minimum Gasteiger partial charge on any atom is -0.457 e. The zero-order chi connectivity index (χ0) is 30.0. The van der Waals surface area contributed by atoms with Gasteiger partial charge in [-0.15, -0.1) is 11.3 Å². The van der Waals surface area contributed by atoms with Gasteiger partial charge in [-0.2, -0.15) is 0 Å². The summed E-state index contributed by atoms with van der Waals surface area (Å²) < 4.78 is 12.2. The third kappa shape index (κ3) is 5.73. The summed E-state index contributed by atoms with van der Waals surface area (Å²) in [7, 11) is 0. The normalized spacial score (nSPS) is 14.8. The Morgan fingerprint density at radius 1 is 1.05 bits per heavy atom. The number of urea groups is 1. The van der Waals surface area contributed by atoms with E-state index < -0.39 is 6.03 Å². The maximum absolute atomic E-state index is 13.6. The lowest BCUT2D eigenvalue weighted by Crippen LogP contribution is -2.35. The molecular formula is C32H27IN6O4S. The number of amides is 3. The Labute approximate surface area is 271 Å². The lowest BCUT2D eigenvalue weighted by Gasteiger charge is -2.27. The molecule has 0 bridgehead atoms. The highest BCUT2D eigenvalue weighted by molar-refractivity contribution is 14.1. The summed E-state index contributed by atoms with van der Waals surface area (Å²) in [5.41, 5.74) is 3.82. The van der Waals surface area contributed by atoms with Gasteiger partial charge in [0.25, 0.3) is 5.91 Å². The molecule has 3 aromatic carbocycles. The summed E-state index contributed by atoms with van der Waals surface area (Å²) in [6, 6.07) is 22.6. The molecule has 3 amide bonds. The number of rotatable bonds is 8. The third-order valence-corrected chi connectivity index (χ3v) is 9.38. The number of morpholine rings is 1. The predicted molar refractivity (Wildman–Crippen MR) is 180 cm³/mol. The molecule has 12 heteroatoms. The number of halogens is 1. The fraction of sp³-hybridized carbons (Fsp3) is 0.188. The van der Waals surface area contributed by atoms with Gasteiger partial charge >= 0.3 is 6.03 Å². The van der Waals surface area contributed by atoms with Crippen LogP contribution in [0.2, 0.25) is 0 Å². The van der Waals surface area contributed by atoms with E-state index in [1.165, 1.54) is 28.1 Å². The van der Waals surface area contributed by atoms with Crippen molar-refractivity contribution >= 4 is 79.0 Å². The molecule has 0 saturated carbocycles. The summed E-state index contributed by atoms with van der Waals surface area (Å²) in [6.45, 7) is 4.16. The molecule has 7 rings (SSSR count). The number of nitrogens with one attached hydrogen (secondary N) is 2. The highest BCUT2D eigenvalue weighted by atomic mass is 127. The van der Waals surface area contributed by atoms with Crippen molar-refractivity contribution in [2.24, 2.45) is 0 Å². The number of carbonyl (C=O) groups excluding carboxylic acids is 2. The topological polar surface area (TPSA) is 109 Å². The van der Waals surface area contributed by atoms with E-state index in [9.17, 15) is 9.59 Å². The molecule has 0 spiro atoms. The molecule has 2 aromatic heterocycles. The van der Waals surface area contributed by atoms with E-state index in [2.05, 4.69) is 48.1 Å². The van der Waals surface area contributed by atoms with Crippen LogP contribution in [0.5, 0.6) is 11.5 Å². The largest absolute Gasteiger partial charge is 0.457 e. The first-order valence-corrected chi connectivity index (χ1v) is 16.4. The molecular weight excluding hydrogens is 691 g/mol. The fourth-order valence-electron chi connectivity index (χ4n) is 5.29. The highest BCUT2D eigenvalue weighted by Crippen LogP contribution is 2.45. The molecule has 0 aliphatic carbocycles. The van der Waals surface area contributed by atoms with Gasteiger partial charge in [0, 0.05) is 35.3 Å². The standard InChI is InChI=1S/C32H27IN6O4S/c33-17-21-16-23(10-11-25(21)43-24-4-2-1-3-5-24)39-29-26-27(37-32(39)41)28(44-31(26)35-19-34-29)30(40)36-22-8-6-20(7-9-22)18-38-12-14-42-15-13-38/h1-11,16,19H,12-15,17-18H2,(H,36,40)(H,37,41). The van der Waals surface area contributed by atoms with Crippen LogP contribution >= 0.6 is 33.9 Å². The van der Waals surface area contributed by atoms with Crippen molar-refractivity contribution in [3.63, 3.8) is 0 Å². The van der Waals surface area contributed by atoms with E-state index in [4.69, 9.17) is 9.47 Å². The van der Waals surface area contributed by atoms with Crippen molar-refractivity contribution in [1.82, 2.24) is 14.9 Å². The lowest BCUT2D eigenvalue weighted by molar-refractivity contribution is 0.0342. The van der Waals surface area contributed by atoms with Crippen LogP contribution in [0.25, 0.3) is 10.2 Å². The van der Waals surface area contributed by atoms with Crippen LogP contribution in [0.1, 0.15) is 20.8 Å². The maximum Gasteiger partial charge on any atom is 0.332 e. The molecule has 4 heterocycles. The zero-order valence-electron chi connectivity index (χ0n) is 23.5. The van der Waals surface area contributed by atoms with Gasteiger partial charge in [0.05, 0.1) is 30.0 Å². The minimum absolute atomic E-state index is 0.321. The fourth-order valence-corrected chi connectivity index (χ4v) is 6.87. The Bertz CT molecular complexity index is 1840. The summed E-state index contributed by atoms with van der Waals surface area (Å²) in [4.78, 5) is 40.8. The Morgan fingerprint density at radius 3 is 2.61 bits per heavy atom. The van der Waals surface area contributed by atoms with E-state index in [1.54, 1.807) is 0 Å². The highest BCUT2D eigenvalue weighted by Gasteiger charge is 2.34. The lowest BCUT2D eigenvalue weighted by atomic mass is 10.1. The van der Waals surface area contributed by atoms with Crippen LogP contribution in [0.4, 0.5) is 27.7 Å². The molecule has 2 N–H and O–H groups in total. The van der Waals surface area contributed by atoms with Crippen LogP contribution in [0, 0.1) is 0 Å². The molecule has 0 unspecified atom stereocenters. The quantitative estimate of drug-likeness (QED) is 0.129. The number of para-hydroxylation sites is 1. The van der Waals surface area contributed by atoms with Crippen LogP contribution in [0.15, 0.2) is 79.1 Å². The number of aromatic nitrogens is 2. The van der Waals surface area contributed by atoms with E-state index in [-0.39, 0.29) is 5.91 Å². The molecule has 222 valence electrons. The van der Waals surface area contributed by atoms with Crippen molar-refractivity contribution in [3.05, 3.63) is 95.1 Å². The molecule has 2 aliphatic rings. The van der Waals surface area contributed by atoms with E-state index in [0.29, 0.717) is 48.2 Å². The third-order valence-electron chi connectivity index (χ3n) is 7.46. The van der Waals surface area contributed by atoms with Gasteiger partial charge in [0.2, 0.25) is 0 Å². The number of thiophene rings is 1. The Hall–Kier alpha value is -4.11. The van der Waals surface area contributed by atoms with Gasteiger partial charge in [0.1, 0.15) is 27.5 Å². The average Bonchev–Trinajstić information content (AvgIpc) is 3.43. The molecule has 0 atom stereocenters. The number of hydrogen-bond donors (Lipinski definition) is 2. The molecule has 44 heavy (non-hydrogen) atoms. The van der Waals surface area contributed by atoms with Gasteiger partial charge in [-0.25, -0.2) is 19.7 Å². The van der Waals surface area contributed by atoms with Crippen molar-refractivity contribution in [1.29, 1.82) is 0 Å². The molecule has 1 fully saturated rings. The van der Waals surface area contributed by atoms with Crippen molar-refractivity contribution in [2.75, 3.05) is 41.8 Å². The second kappa shape index (κ2) is 12.5. The predicted octanol–water partition coefficient (Wildman–Crippen LogP) is 7.19. The molecule has 1 saturated heterocycles. The van der Waals surface area contributed by atoms with Crippen molar-refractivity contribution in [2.45, 2.75) is 11.0 Å². The second-order valence-electron chi connectivity index (χ2n) is 10.3. The van der Waals surface area contributed by atoms with Gasteiger partial charge in [-0.05, 0) is 48.0 Å². The smallest absolute Gasteiger partial charge is 0.332 e. The Balaban J connectivity index is 1.14. The SMILES string of the molecule is O=C(Nc1ccc(CN2CCOCC2)cc1)c1sc2ncnc3c2c1NC(=O)N3c1ccc(Oc2ccccc2)c(CI)c1. The Kier molecular flexibility index (Phi) is 8.12. The Morgan fingerprint density at radius 2 is 1.84 bits per heavy atom. The first-order valence-electron chi connectivity index (χ1n) is 14.1. The summed E-state index contributed by atoms with van der Waals surface area (Å²) in [5, 5.41) is 6.55. The minimum atomic E-state index is -0.409. The van der Waals surface area contributed by atoms with Gasteiger partial charge in [-0.3, -0.25) is 9.69 Å². The van der Waals surface area contributed by atoms with Crippen molar-refractivity contribution in [3.8, 4) is 11.5 Å². The van der Waals surface area contributed by atoms with Gasteiger partial charge in [0.15, 0.2) is 5.82 Å². The van der Waals surface area contributed by atoms with Crippen LogP contribution < -0.4 is 20.3 Å². The van der Waals surface area contributed by atoms with Crippen molar-refractivity contribution < 1.29 is 19.1 Å². The maximum atomic E-state index is 13.6. The summed E-state index contributed by atoms with van der Waals surface area (Å²) in [6.07, 6.45) is 1.42. The molecule has 2 aliphatic heterocycles. The number of hydrogen-bond acceptors (Lipinski definition) is 8. The second-order valence-corrected chi connectivity index (χ2v) is 12.1. The monoisotopic (exact) mass is 718 g/mol. The van der Waals surface area contributed by atoms with E-state index >= 15 is 0 Å². The summed E-state index contributed by atoms with van der Waals surface area (Å²) >= 11 is 3.50. The summed E-state index contributed by atoms with van der Waals surface area (Å²) in [5.74, 6) is 1.55. The van der Waals surface area contributed by atoms with E-state index in [0.717, 1.165) is 44.2 Å². The number of alkyl halides is 1. The number of benzene rings is 3. The molecule has 0 radical (unpaired) electrons. The number of nitrogens with zero attached hydrogens (tertiary/aromatic N) is 4. The molecule has 10 nitrogen and oxygen atoms in total. The van der Waals surface area contributed by atoms with Crippen LogP contribution in [-0.2, 0) is 15.7 Å². The average molecular weight is 719 g/mol. The van der Waals surface area contributed by atoms with Crippen LogP contribution in [0.3, 0.4) is 0 Å². The van der Waals surface area contributed by atoms with Gasteiger partial charge < -0.3 is 20.1 Å². The number of carbonyl (C=O) groups is 2.